The van der Waals surface area contributed by atoms with Gasteiger partial charge < -0.3 is 4.42 Å². The second-order valence-electron chi connectivity index (χ2n) is 2.32. The smallest absolute Gasteiger partial charge is 0.198 e. The van der Waals surface area contributed by atoms with Crippen molar-refractivity contribution >= 4 is 27.5 Å². The first-order chi connectivity index (χ1) is 6.25. The van der Waals surface area contributed by atoms with Crippen LogP contribution in [0.3, 0.4) is 0 Å². The van der Waals surface area contributed by atoms with Crippen LogP contribution in [0.2, 0.25) is 5.15 Å². The standard InChI is InChI=1S/C8H4BrClN2O/c9-8-11-5(4-7(10)12-8)6-2-1-3-13-6/h1-4H. The molecule has 0 N–H and O–H groups in total. The second-order valence-corrected chi connectivity index (χ2v) is 3.42. The summed E-state index contributed by atoms with van der Waals surface area (Å²) in [4.78, 5) is 7.98. The van der Waals surface area contributed by atoms with Crippen molar-refractivity contribution < 1.29 is 4.42 Å². The highest BCUT2D eigenvalue weighted by atomic mass is 79.9. The molecule has 0 spiro atoms. The fourth-order valence-electron chi connectivity index (χ4n) is 0.940. The van der Waals surface area contributed by atoms with E-state index in [1.165, 1.54) is 0 Å². The SMILES string of the molecule is Clc1cc(-c2ccco2)nc(Br)n1. The average Bonchev–Trinajstić information content (AvgIpc) is 2.53. The molecule has 0 radical (unpaired) electrons. The Bertz CT molecular complexity index is 396. The van der Waals surface area contributed by atoms with Crippen molar-refractivity contribution in [2.75, 3.05) is 0 Å². The van der Waals surface area contributed by atoms with Crippen LogP contribution in [-0.4, -0.2) is 9.97 Å². The fraction of sp³-hybridized carbons (Fsp3) is 0. The van der Waals surface area contributed by atoms with Crippen LogP contribution in [0.5, 0.6) is 0 Å². The van der Waals surface area contributed by atoms with Crippen molar-refractivity contribution in [1.82, 2.24) is 9.97 Å². The van der Waals surface area contributed by atoms with Crippen molar-refractivity contribution in [3.05, 3.63) is 34.3 Å². The van der Waals surface area contributed by atoms with Gasteiger partial charge in [0.05, 0.1) is 6.26 Å². The summed E-state index contributed by atoms with van der Waals surface area (Å²) in [5.41, 5.74) is 0.664. The van der Waals surface area contributed by atoms with E-state index >= 15 is 0 Å². The minimum absolute atomic E-state index is 0.383. The lowest BCUT2D eigenvalue weighted by Gasteiger charge is -1.96. The number of aromatic nitrogens is 2. The average molecular weight is 259 g/mol. The third kappa shape index (κ3) is 1.89. The molecule has 2 aromatic rings. The van der Waals surface area contributed by atoms with Gasteiger partial charge in [0.15, 0.2) is 10.5 Å². The number of hydrogen-bond donors (Lipinski definition) is 0. The van der Waals surface area contributed by atoms with Crippen LogP contribution < -0.4 is 0 Å². The Morgan fingerprint density at radius 1 is 1.38 bits per heavy atom. The molecule has 2 aromatic heterocycles. The third-order valence-corrected chi connectivity index (χ3v) is 1.99. The summed E-state index contributed by atoms with van der Waals surface area (Å²) in [6.45, 7) is 0. The lowest BCUT2D eigenvalue weighted by molar-refractivity contribution is 0.579. The van der Waals surface area contributed by atoms with Gasteiger partial charge in [-0.05, 0) is 28.1 Å². The Morgan fingerprint density at radius 2 is 2.23 bits per heavy atom. The predicted octanol–water partition coefficient (Wildman–Crippen LogP) is 3.15. The Morgan fingerprint density at radius 3 is 2.85 bits per heavy atom. The maximum absolute atomic E-state index is 5.74. The van der Waals surface area contributed by atoms with Gasteiger partial charge in [-0.2, -0.15) is 0 Å². The third-order valence-electron chi connectivity index (χ3n) is 1.44. The lowest BCUT2D eigenvalue weighted by atomic mass is 10.3. The Hall–Kier alpha value is -0.870. The topological polar surface area (TPSA) is 38.9 Å². The zero-order chi connectivity index (χ0) is 9.26. The molecular formula is C8H4BrClN2O. The van der Waals surface area contributed by atoms with Gasteiger partial charge >= 0.3 is 0 Å². The molecule has 0 aromatic carbocycles. The van der Waals surface area contributed by atoms with Gasteiger partial charge in [0.25, 0.3) is 0 Å². The van der Waals surface area contributed by atoms with Crippen molar-refractivity contribution in [1.29, 1.82) is 0 Å². The minimum atomic E-state index is 0.383. The summed E-state index contributed by atoms with van der Waals surface area (Å²) in [5.74, 6) is 0.671. The fourth-order valence-corrected chi connectivity index (χ4v) is 1.61. The molecule has 66 valence electrons. The highest BCUT2D eigenvalue weighted by molar-refractivity contribution is 9.10. The molecule has 3 nitrogen and oxygen atoms in total. The van der Waals surface area contributed by atoms with Gasteiger partial charge in [0.1, 0.15) is 10.8 Å². The molecule has 0 aliphatic carbocycles. The van der Waals surface area contributed by atoms with E-state index in [1.54, 1.807) is 18.4 Å². The first-order valence-electron chi connectivity index (χ1n) is 3.49. The van der Waals surface area contributed by atoms with Gasteiger partial charge in [-0.1, -0.05) is 11.6 Å². The quantitative estimate of drug-likeness (QED) is 0.583. The first kappa shape index (κ1) is 8.72. The zero-order valence-corrected chi connectivity index (χ0v) is 8.71. The van der Waals surface area contributed by atoms with Crippen molar-refractivity contribution in [2.24, 2.45) is 0 Å². The molecule has 0 bridgehead atoms. The van der Waals surface area contributed by atoms with Gasteiger partial charge in [0.2, 0.25) is 0 Å². The zero-order valence-electron chi connectivity index (χ0n) is 6.37. The molecule has 2 heterocycles. The Kier molecular flexibility index (Phi) is 2.33. The summed E-state index contributed by atoms with van der Waals surface area (Å²) >= 11 is 8.89. The van der Waals surface area contributed by atoms with Gasteiger partial charge in [0, 0.05) is 6.07 Å². The molecule has 0 saturated carbocycles. The molecule has 0 amide bonds. The Labute approximate surface area is 87.9 Å². The van der Waals surface area contributed by atoms with Crippen molar-refractivity contribution in [2.45, 2.75) is 0 Å². The molecule has 0 atom stereocenters. The van der Waals surface area contributed by atoms with E-state index < -0.39 is 0 Å². The van der Waals surface area contributed by atoms with Crippen molar-refractivity contribution in [3.63, 3.8) is 0 Å². The summed E-state index contributed by atoms with van der Waals surface area (Å²) in [5, 5.41) is 0.383. The van der Waals surface area contributed by atoms with Gasteiger partial charge in [-0.25, -0.2) is 9.97 Å². The number of nitrogens with zero attached hydrogens (tertiary/aromatic N) is 2. The number of halogens is 2. The molecule has 0 saturated heterocycles. The summed E-state index contributed by atoms with van der Waals surface area (Å²) in [6, 6.07) is 5.25. The highest BCUT2D eigenvalue weighted by Crippen LogP contribution is 2.21. The minimum Gasteiger partial charge on any atom is -0.463 e. The summed E-state index contributed by atoms with van der Waals surface area (Å²) < 4.78 is 5.61. The maximum atomic E-state index is 5.74. The molecule has 0 unspecified atom stereocenters. The predicted molar refractivity (Wildman–Crippen MR) is 52.4 cm³/mol. The molecule has 0 aliphatic heterocycles. The summed E-state index contributed by atoms with van der Waals surface area (Å²) in [7, 11) is 0. The monoisotopic (exact) mass is 258 g/mol. The van der Waals surface area contributed by atoms with E-state index in [9.17, 15) is 0 Å². The van der Waals surface area contributed by atoms with Crippen LogP contribution in [-0.2, 0) is 0 Å². The number of hydrogen-bond acceptors (Lipinski definition) is 3. The van der Waals surface area contributed by atoms with E-state index in [0.29, 0.717) is 21.3 Å². The van der Waals surface area contributed by atoms with E-state index in [2.05, 4.69) is 25.9 Å². The molecule has 0 fully saturated rings. The van der Waals surface area contributed by atoms with Crippen LogP contribution in [0.1, 0.15) is 0 Å². The molecular weight excluding hydrogens is 255 g/mol. The van der Waals surface area contributed by atoms with E-state index in [-0.39, 0.29) is 0 Å². The van der Waals surface area contributed by atoms with E-state index in [1.807, 2.05) is 6.07 Å². The van der Waals surface area contributed by atoms with Crippen LogP contribution in [0.15, 0.2) is 33.6 Å². The number of rotatable bonds is 1. The largest absolute Gasteiger partial charge is 0.463 e. The van der Waals surface area contributed by atoms with Crippen LogP contribution in [0.4, 0.5) is 0 Å². The van der Waals surface area contributed by atoms with Crippen LogP contribution >= 0.6 is 27.5 Å². The summed E-state index contributed by atoms with van der Waals surface area (Å²) in [6.07, 6.45) is 1.58. The maximum Gasteiger partial charge on any atom is 0.198 e. The molecule has 5 heteroatoms. The van der Waals surface area contributed by atoms with Gasteiger partial charge in [-0.3, -0.25) is 0 Å². The molecule has 0 aliphatic rings. The number of furan rings is 1. The van der Waals surface area contributed by atoms with Gasteiger partial charge in [-0.15, -0.1) is 0 Å². The van der Waals surface area contributed by atoms with E-state index in [4.69, 9.17) is 16.0 Å². The molecule has 2 rings (SSSR count). The molecule has 13 heavy (non-hydrogen) atoms. The Balaban J connectivity index is 2.53. The first-order valence-corrected chi connectivity index (χ1v) is 4.67. The normalized spacial score (nSPS) is 10.3. The van der Waals surface area contributed by atoms with Crippen LogP contribution in [0.25, 0.3) is 11.5 Å². The lowest BCUT2D eigenvalue weighted by Crippen LogP contribution is -1.86. The highest BCUT2D eigenvalue weighted by Gasteiger charge is 2.05. The second kappa shape index (κ2) is 3.47. The van der Waals surface area contributed by atoms with Crippen LogP contribution in [0, 0.1) is 0 Å². The van der Waals surface area contributed by atoms with E-state index in [0.717, 1.165) is 0 Å². The van der Waals surface area contributed by atoms with Crippen molar-refractivity contribution in [3.8, 4) is 11.5 Å².